The maximum absolute atomic E-state index is 13.2. The van der Waals surface area contributed by atoms with E-state index < -0.39 is 46.9 Å². The van der Waals surface area contributed by atoms with Crippen molar-refractivity contribution >= 4 is 63.5 Å². The van der Waals surface area contributed by atoms with Crippen LogP contribution in [0.5, 0.6) is 0 Å². The molecule has 0 bridgehead atoms. The van der Waals surface area contributed by atoms with Crippen LogP contribution in [0.3, 0.4) is 0 Å². The standard InChI is InChI=1S/C25H22F6N2O4S3/c1-23(2,3)37-20(35)11-32-19(34)4-5-33-21(36)18(40-22(33)38)10-17-8-14(12-39-17)13-6-15(24(26,27)28)9-16(7-13)25(29,30)31/h6-10,12H,4-5,11H2,1-3H3,(H,32,34). The molecule has 0 saturated carbocycles. The lowest BCUT2D eigenvalue weighted by atomic mass is 10.0. The number of rotatable bonds is 7. The van der Waals surface area contributed by atoms with Gasteiger partial charge in [-0.1, -0.05) is 24.0 Å². The molecule has 0 radical (unpaired) electrons. The number of nitrogens with one attached hydrogen (secondary N) is 1. The van der Waals surface area contributed by atoms with Crippen LogP contribution in [0.25, 0.3) is 17.2 Å². The number of alkyl halides is 6. The lowest BCUT2D eigenvalue weighted by Gasteiger charge is -2.19. The van der Waals surface area contributed by atoms with Gasteiger partial charge in [0.25, 0.3) is 5.91 Å². The van der Waals surface area contributed by atoms with E-state index in [-0.39, 0.29) is 45.9 Å². The first-order chi connectivity index (χ1) is 18.3. The molecule has 2 amide bonds. The number of thiocarbonyl (C=S) groups is 1. The van der Waals surface area contributed by atoms with Crippen molar-refractivity contribution in [3.8, 4) is 11.1 Å². The molecule has 0 spiro atoms. The Kier molecular flexibility index (Phi) is 9.41. The van der Waals surface area contributed by atoms with Gasteiger partial charge in [-0.3, -0.25) is 19.3 Å². The van der Waals surface area contributed by atoms with Crippen LogP contribution in [0.15, 0.2) is 34.6 Å². The molecule has 6 nitrogen and oxygen atoms in total. The van der Waals surface area contributed by atoms with Gasteiger partial charge >= 0.3 is 18.3 Å². The van der Waals surface area contributed by atoms with E-state index in [1.165, 1.54) is 22.4 Å². The van der Waals surface area contributed by atoms with Crippen molar-refractivity contribution in [1.29, 1.82) is 0 Å². The molecule has 216 valence electrons. The Morgan fingerprint density at radius 1 is 1.00 bits per heavy atom. The highest BCUT2D eigenvalue weighted by molar-refractivity contribution is 8.26. The molecule has 1 aromatic carbocycles. The minimum absolute atomic E-state index is 0.0555. The van der Waals surface area contributed by atoms with Crippen molar-refractivity contribution in [2.45, 2.75) is 45.1 Å². The van der Waals surface area contributed by atoms with Crippen molar-refractivity contribution in [3.05, 3.63) is 50.6 Å². The topological polar surface area (TPSA) is 75.7 Å². The number of thioether (sulfide) groups is 1. The van der Waals surface area contributed by atoms with Crippen LogP contribution >= 0.6 is 35.3 Å². The second-order valence-electron chi connectivity index (χ2n) is 9.48. The molecular weight excluding hydrogens is 602 g/mol. The number of benzene rings is 1. The Morgan fingerprint density at radius 2 is 1.60 bits per heavy atom. The predicted molar refractivity (Wildman–Crippen MR) is 143 cm³/mol. The molecule has 1 aromatic heterocycles. The Balaban J connectivity index is 1.69. The van der Waals surface area contributed by atoms with E-state index in [0.717, 1.165) is 23.1 Å². The van der Waals surface area contributed by atoms with Crippen LogP contribution in [-0.2, 0) is 31.5 Å². The minimum atomic E-state index is -4.98. The molecule has 0 atom stereocenters. The van der Waals surface area contributed by atoms with Gasteiger partial charge in [0.05, 0.1) is 16.0 Å². The summed E-state index contributed by atoms with van der Waals surface area (Å²) in [5.41, 5.74) is -3.73. The number of hydrogen-bond donors (Lipinski definition) is 1. The molecule has 3 rings (SSSR count). The molecule has 2 aromatic rings. The van der Waals surface area contributed by atoms with Gasteiger partial charge in [0.2, 0.25) is 5.91 Å². The van der Waals surface area contributed by atoms with Crippen molar-refractivity contribution in [3.63, 3.8) is 0 Å². The molecule has 1 N–H and O–H groups in total. The minimum Gasteiger partial charge on any atom is -0.459 e. The number of nitrogens with zero attached hydrogens (tertiary/aromatic N) is 1. The molecular formula is C25H22F6N2O4S3. The van der Waals surface area contributed by atoms with Gasteiger partial charge in [0.15, 0.2) is 0 Å². The van der Waals surface area contributed by atoms with E-state index in [9.17, 15) is 40.7 Å². The number of esters is 1. The van der Waals surface area contributed by atoms with Crippen LogP contribution < -0.4 is 5.32 Å². The van der Waals surface area contributed by atoms with Gasteiger partial charge in [0, 0.05) is 17.8 Å². The SMILES string of the molecule is CC(C)(C)OC(=O)CNC(=O)CCN1C(=O)C(=Cc2cc(-c3cc(C(F)(F)F)cc(C(F)(F)F)c3)cs2)SC1=S. The molecule has 1 aliphatic rings. The number of thiophene rings is 1. The van der Waals surface area contributed by atoms with Crippen LogP contribution in [0.1, 0.15) is 43.2 Å². The van der Waals surface area contributed by atoms with Crippen LogP contribution in [0, 0.1) is 0 Å². The summed E-state index contributed by atoms with van der Waals surface area (Å²) in [4.78, 5) is 38.4. The Morgan fingerprint density at radius 3 is 2.15 bits per heavy atom. The van der Waals surface area contributed by atoms with Crippen LogP contribution in [0.4, 0.5) is 26.3 Å². The number of halogens is 6. The normalized spacial score (nSPS) is 15.6. The highest BCUT2D eigenvalue weighted by Crippen LogP contribution is 2.40. The van der Waals surface area contributed by atoms with Crippen molar-refractivity contribution in [2.24, 2.45) is 0 Å². The van der Waals surface area contributed by atoms with Gasteiger partial charge in [-0.15, -0.1) is 11.3 Å². The molecule has 0 unspecified atom stereocenters. The molecule has 1 fully saturated rings. The average Bonchev–Trinajstić information content (AvgIpc) is 3.38. The number of amides is 2. The monoisotopic (exact) mass is 624 g/mol. The first-order valence-corrected chi connectivity index (χ1v) is 13.6. The summed E-state index contributed by atoms with van der Waals surface area (Å²) in [6.07, 6.45) is -8.68. The largest absolute Gasteiger partial charge is 0.459 e. The third-order valence-corrected chi connectivity index (χ3v) is 7.36. The summed E-state index contributed by atoms with van der Waals surface area (Å²) in [7, 11) is 0. The van der Waals surface area contributed by atoms with E-state index in [1.54, 1.807) is 20.8 Å². The van der Waals surface area contributed by atoms with Crippen LogP contribution in [0.2, 0.25) is 0 Å². The highest BCUT2D eigenvalue weighted by atomic mass is 32.2. The summed E-state index contributed by atoms with van der Waals surface area (Å²) < 4.78 is 84.6. The van der Waals surface area contributed by atoms with E-state index in [1.807, 2.05) is 0 Å². The first kappa shape index (κ1) is 31.6. The van der Waals surface area contributed by atoms with E-state index in [2.05, 4.69) is 5.32 Å². The Bertz CT molecular complexity index is 1330. The summed E-state index contributed by atoms with van der Waals surface area (Å²) >= 11 is 7.18. The fraction of sp³-hybridized carbons (Fsp3) is 0.360. The molecule has 0 aliphatic carbocycles. The lowest BCUT2D eigenvalue weighted by molar-refractivity contribution is -0.154. The zero-order valence-corrected chi connectivity index (χ0v) is 23.6. The zero-order chi connectivity index (χ0) is 30.0. The summed E-state index contributed by atoms with van der Waals surface area (Å²) in [6, 6.07) is 2.69. The second-order valence-corrected chi connectivity index (χ2v) is 12.1. The number of carbonyl (C=O) groups is 3. The number of hydrogen-bond acceptors (Lipinski definition) is 7. The zero-order valence-electron chi connectivity index (χ0n) is 21.2. The van der Waals surface area contributed by atoms with Gasteiger partial charge in [-0.2, -0.15) is 26.3 Å². The van der Waals surface area contributed by atoms with E-state index >= 15 is 0 Å². The average molecular weight is 625 g/mol. The van der Waals surface area contributed by atoms with E-state index in [4.69, 9.17) is 17.0 Å². The van der Waals surface area contributed by atoms with Gasteiger partial charge in [0.1, 0.15) is 16.5 Å². The lowest BCUT2D eigenvalue weighted by Crippen LogP contribution is -2.37. The summed E-state index contributed by atoms with van der Waals surface area (Å²) in [5, 5.41) is 3.79. The quantitative estimate of drug-likeness (QED) is 0.164. The van der Waals surface area contributed by atoms with Crippen molar-refractivity contribution in [2.75, 3.05) is 13.1 Å². The maximum atomic E-state index is 13.2. The Hall–Kier alpha value is -2.91. The third-order valence-electron chi connectivity index (χ3n) is 5.10. The fourth-order valence-electron chi connectivity index (χ4n) is 3.37. The fourth-order valence-corrected chi connectivity index (χ4v) is 5.60. The summed E-state index contributed by atoms with van der Waals surface area (Å²) in [6.45, 7) is 4.64. The molecule has 15 heteroatoms. The van der Waals surface area contributed by atoms with Gasteiger partial charge in [-0.25, -0.2) is 0 Å². The number of carbonyl (C=O) groups excluding carboxylic acids is 3. The maximum Gasteiger partial charge on any atom is 0.416 e. The molecule has 1 aliphatic heterocycles. The number of ether oxygens (including phenoxy) is 1. The summed E-state index contributed by atoms with van der Waals surface area (Å²) in [5.74, 6) is -1.64. The van der Waals surface area contributed by atoms with Crippen molar-refractivity contribution < 1.29 is 45.5 Å². The third kappa shape index (κ3) is 8.54. The van der Waals surface area contributed by atoms with Crippen LogP contribution in [-0.4, -0.2) is 45.7 Å². The smallest absolute Gasteiger partial charge is 0.416 e. The highest BCUT2D eigenvalue weighted by Gasteiger charge is 2.37. The second kappa shape index (κ2) is 11.9. The predicted octanol–water partition coefficient (Wildman–Crippen LogP) is 6.50. The van der Waals surface area contributed by atoms with Gasteiger partial charge < -0.3 is 10.1 Å². The molecule has 2 heterocycles. The van der Waals surface area contributed by atoms with Gasteiger partial charge in [-0.05, 0) is 67.6 Å². The van der Waals surface area contributed by atoms with Crippen molar-refractivity contribution in [1.82, 2.24) is 10.2 Å². The molecule has 40 heavy (non-hydrogen) atoms. The Labute approximate surface area is 238 Å². The first-order valence-electron chi connectivity index (χ1n) is 11.5. The van der Waals surface area contributed by atoms with E-state index in [0.29, 0.717) is 17.0 Å². The molecule has 1 saturated heterocycles.